The number of rotatable bonds is 8. The van der Waals surface area contributed by atoms with Crippen molar-refractivity contribution in [2.45, 2.75) is 52.0 Å². The lowest BCUT2D eigenvalue weighted by Gasteiger charge is -2.20. The van der Waals surface area contributed by atoms with Gasteiger partial charge in [0.2, 0.25) is 0 Å². The predicted octanol–water partition coefficient (Wildman–Crippen LogP) is 5.10. The van der Waals surface area contributed by atoms with Crippen LogP contribution in [-0.4, -0.2) is 6.54 Å². The van der Waals surface area contributed by atoms with Crippen LogP contribution in [0.2, 0.25) is 5.02 Å². The van der Waals surface area contributed by atoms with Crippen molar-refractivity contribution in [2.75, 3.05) is 6.54 Å². The average Bonchev–Trinajstić information content (AvgIpc) is 2.35. The summed E-state index contributed by atoms with van der Waals surface area (Å²) >= 11 is 6.14. The Morgan fingerprint density at radius 3 is 2.61 bits per heavy atom. The third-order valence-electron chi connectivity index (χ3n) is 3.09. The highest BCUT2D eigenvalue weighted by Gasteiger charge is 2.17. The summed E-state index contributed by atoms with van der Waals surface area (Å²) in [7, 11) is 0. The van der Waals surface area contributed by atoms with Gasteiger partial charge in [-0.1, -0.05) is 50.8 Å². The van der Waals surface area contributed by atoms with Crippen molar-refractivity contribution in [2.24, 2.45) is 0 Å². The van der Waals surface area contributed by atoms with Gasteiger partial charge in [0.25, 0.3) is 0 Å². The van der Waals surface area contributed by atoms with Crippen LogP contribution in [0.4, 0.5) is 4.39 Å². The summed E-state index contributed by atoms with van der Waals surface area (Å²) in [5.74, 6) is -0.201. The molecule has 102 valence electrons. The maximum absolute atomic E-state index is 13.9. The van der Waals surface area contributed by atoms with Crippen molar-refractivity contribution in [3.8, 4) is 0 Å². The van der Waals surface area contributed by atoms with E-state index in [1.807, 2.05) is 0 Å². The van der Waals surface area contributed by atoms with Crippen molar-refractivity contribution < 1.29 is 4.39 Å². The quantitative estimate of drug-likeness (QED) is 0.649. The van der Waals surface area contributed by atoms with E-state index in [1.54, 1.807) is 12.1 Å². The van der Waals surface area contributed by atoms with E-state index >= 15 is 0 Å². The number of nitrogens with one attached hydrogen (secondary N) is 1. The smallest absolute Gasteiger partial charge is 0.129 e. The van der Waals surface area contributed by atoms with Gasteiger partial charge in [-0.25, -0.2) is 4.39 Å². The zero-order chi connectivity index (χ0) is 13.4. The molecule has 0 aliphatic carbocycles. The first-order valence-corrected chi connectivity index (χ1v) is 7.25. The maximum Gasteiger partial charge on any atom is 0.129 e. The second kappa shape index (κ2) is 8.49. The summed E-state index contributed by atoms with van der Waals surface area (Å²) in [5.41, 5.74) is 0.628. The lowest BCUT2D eigenvalue weighted by atomic mass is 9.99. The Bertz CT molecular complexity index is 334. The minimum absolute atomic E-state index is 0.0326. The van der Waals surface area contributed by atoms with Crippen LogP contribution in [0, 0.1) is 5.82 Å². The highest BCUT2D eigenvalue weighted by molar-refractivity contribution is 6.31. The number of benzene rings is 1. The second-order valence-electron chi connectivity index (χ2n) is 4.64. The molecule has 1 N–H and O–H groups in total. The largest absolute Gasteiger partial charge is 0.310 e. The van der Waals surface area contributed by atoms with Gasteiger partial charge < -0.3 is 5.32 Å². The molecule has 0 radical (unpaired) electrons. The molecule has 0 amide bonds. The number of halogens is 2. The molecule has 18 heavy (non-hydrogen) atoms. The summed E-state index contributed by atoms with van der Waals surface area (Å²) in [6.45, 7) is 5.17. The molecule has 1 nitrogen and oxygen atoms in total. The van der Waals surface area contributed by atoms with E-state index in [0.717, 1.165) is 25.8 Å². The highest BCUT2D eigenvalue weighted by Crippen LogP contribution is 2.29. The Morgan fingerprint density at radius 2 is 2.00 bits per heavy atom. The molecule has 1 rings (SSSR count). The second-order valence-corrected chi connectivity index (χ2v) is 5.05. The zero-order valence-electron chi connectivity index (χ0n) is 11.3. The van der Waals surface area contributed by atoms with Gasteiger partial charge in [-0.3, -0.25) is 0 Å². The number of unbranched alkanes of at least 4 members (excludes halogenated alkanes) is 2. The highest BCUT2D eigenvalue weighted by atomic mass is 35.5. The molecule has 0 aliphatic heterocycles. The molecule has 1 aromatic rings. The SMILES string of the molecule is CCCCCC(NCCC)c1c(F)cccc1Cl. The van der Waals surface area contributed by atoms with Crippen molar-refractivity contribution in [3.05, 3.63) is 34.6 Å². The van der Waals surface area contributed by atoms with Crippen LogP contribution in [-0.2, 0) is 0 Å². The third kappa shape index (κ3) is 4.58. The molecule has 0 fully saturated rings. The minimum atomic E-state index is -0.201. The van der Waals surface area contributed by atoms with Crippen LogP contribution >= 0.6 is 11.6 Å². The maximum atomic E-state index is 13.9. The molecule has 0 aliphatic rings. The Hall–Kier alpha value is -0.600. The van der Waals surface area contributed by atoms with Crippen LogP contribution in [0.5, 0.6) is 0 Å². The molecule has 1 atom stereocenters. The number of hydrogen-bond acceptors (Lipinski definition) is 1. The molecule has 0 aromatic heterocycles. The Labute approximate surface area is 115 Å². The fourth-order valence-electron chi connectivity index (χ4n) is 2.11. The van der Waals surface area contributed by atoms with Gasteiger partial charge in [0, 0.05) is 16.6 Å². The van der Waals surface area contributed by atoms with E-state index in [4.69, 9.17) is 11.6 Å². The summed E-state index contributed by atoms with van der Waals surface area (Å²) in [6.07, 6.45) is 5.43. The molecule has 3 heteroatoms. The minimum Gasteiger partial charge on any atom is -0.310 e. The van der Waals surface area contributed by atoms with E-state index in [2.05, 4.69) is 19.2 Å². The third-order valence-corrected chi connectivity index (χ3v) is 3.41. The van der Waals surface area contributed by atoms with Crippen LogP contribution < -0.4 is 5.32 Å². The van der Waals surface area contributed by atoms with E-state index in [9.17, 15) is 4.39 Å². The molecule has 0 saturated carbocycles. The Kier molecular flexibility index (Phi) is 7.29. The van der Waals surface area contributed by atoms with Gasteiger partial charge in [-0.05, 0) is 31.5 Å². The molecule has 0 saturated heterocycles. The normalized spacial score (nSPS) is 12.7. The summed E-state index contributed by atoms with van der Waals surface area (Å²) in [6, 6.07) is 4.94. The molecule has 1 aromatic carbocycles. The van der Waals surface area contributed by atoms with E-state index < -0.39 is 0 Å². The predicted molar refractivity (Wildman–Crippen MR) is 76.6 cm³/mol. The van der Waals surface area contributed by atoms with E-state index in [-0.39, 0.29) is 11.9 Å². The fourth-order valence-corrected chi connectivity index (χ4v) is 2.40. The van der Waals surface area contributed by atoms with Gasteiger partial charge in [-0.15, -0.1) is 0 Å². The topological polar surface area (TPSA) is 12.0 Å². The van der Waals surface area contributed by atoms with Crippen molar-refractivity contribution >= 4 is 11.6 Å². The standard InChI is InChI=1S/C15H23ClFN/c1-3-5-6-10-14(18-11-4-2)15-12(16)8-7-9-13(15)17/h7-9,14,18H,3-6,10-11H2,1-2H3. The van der Waals surface area contributed by atoms with Crippen LogP contribution in [0.25, 0.3) is 0 Å². The van der Waals surface area contributed by atoms with Crippen molar-refractivity contribution in [1.29, 1.82) is 0 Å². The van der Waals surface area contributed by atoms with E-state index in [1.165, 1.54) is 18.9 Å². The molecule has 0 spiro atoms. The van der Waals surface area contributed by atoms with Crippen LogP contribution in [0.3, 0.4) is 0 Å². The lowest BCUT2D eigenvalue weighted by Crippen LogP contribution is -2.23. The zero-order valence-corrected chi connectivity index (χ0v) is 12.1. The first kappa shape index (κ1) is 15.5. The van der Waals surface area contributed by atoms with Gasteiger partial charge in [0.15, 0.2) is 0 Å². The Balaban J connectivity index is 2.79. The first-order valence-electron chi connectivity index (χ1n) is 6.88. The average molecular weight is 272 g/mol. The van der Waals surface area contributed by atoms with Gasteiger partial charge in [0.1, 0.15) is 5.82 Å². The van der Waals surface area contributed by atoms with Crippen LogP contribution in [0.1, 0.15) is 57.6 Å². The lowest BCUT2D eigenvalue weighted by molar-refractivity contribution is 0.454. The van der Waals surface area contributed by atoms with E-state index in [0.29, 0.717) is 10.6 Å². The van der Waals surface area contributed by atoms with Crippen LogP contribution in [0.15, 0.2) is 18.2 Å². The molecule has 1 unspecified atom stereocenters. The summed E-state index contributed by atoms with van der Waals surface area (Å²) < 4.78 is 13.9. The monoisotopic (exact) mass is 271 g/mol. The van der Waals surface area contributed by atoms with Crippen molar-refractivity contribution in [1.82, 2.24) is 5.32 Å². The summed E-state index contributed by atoms with van der Waals surface area (Å²) in [4.78, 5) is 0. The van der Waals surface area contributed by atoms with Crippen molar-refractivity contribution in [3.63, 3.8) is 0 Å². The first-order chi connectivity index (χ1) is 8.70. The summed E-state index contributed by atoms with van der Waals surface area (Å²) in [5, 5.41) is 3.93. The van der Waals surface area contributed by atoms with Gasteiger partial charge >= 0.3 is 0 Å². The van der Waals surface area contributed by atoms with Gasteiger partial charge in [0.05, 0.1) is 0 Å². The fraction of sp³-hybridized carbons (Fsp3) is 0.600. The molecule has 0 bridgehead atoms. The Morgan fingerprint density at radius 1 is 1.22 bits per heavy atom. The molecule has 0 heterocycles. The van der Waals surface area contributed by atoms with Gasteiger partial charge in [-0.2, -0.15) is 0 Å². The molecular formula is C15H23ClFN. The number of hydrogen-bond donors (Lipinski definition) is 1. The molecular weight excluding hydrogens is 249 g/mol.